The van der Waals surface area contributed by atoms with Crippen molar-refractivity contribution in [2.24, 2.45) is 5.92 Å². The first kappa shape index (κ1) is 13.6. The fourth-order valence-corrected chi connectivity index (χ4v) is 3.60. The summed E-state index contributed by atoms with van der Waals surface area (Å²) in [6, 6.07) is 1.94. The quantitative estimate of drug-likeness (QED) is 0.861. The van der Waals surface area contributed by atoms with Crippen molar-refractivity contribution < 1.29 is 9.90 Å². The van der Waals surface area contributed by atoms with Crippen molar-refractivity contribution in [3.63, 3.8) is 0 Å². The molecule has 1 aliphatic carbocycles. The number of carboxylic acids is 1. The number of thiophene rings is 1. The van der Waals surface area contributed by atoms with Crippen LogP contribution in [0.4, 0.5) is 0 Å². The summed E-state index contributed by atoms with van der Waals surface area (Å²) in [6.45, 7) is 4.13. The Morgan fingerprint density at radius 1 is 1.61 bits per heavy atom. The number of carboxylic acid groups (broad SMARTS) is 1. The van der Waals surface area contributed by atoms with Gasteiger partial charge in [0.1, 0.15) is 6.04 Å². The summed E-state index contributed by atoms with van der Waals surface area (Å²) in [5.41, 5.74) is 1.32. The molecule has 1 heterocycles. The van der Waals surface area contributed by atoms with E-state index < -0.39 is 12.0 Å². The van der Waals surface area contributed by atoms with Crippen LogP contribution in [0.5, 0.6) is 0 Å². The lowest BCUT2D eigenvalue weighted by Gasteiger charge is -2.27. The number of nitrogens with one attached hydrogen (secondary N) is 1. The number of carbonyl (C=O) groups is 1. The minimum atomic E-state index is -0.731. The lowest BCUT2D eigenvalue weighted by molar-refractivity contribution is -0.140. The molecule has 0 radical (unpaired) electrons. The topological polar surface area (TPSA) is 49.3 Å². The first-order valence-electron chi connectivity index (χ1n) is 6.63. The summed E-state index contributed by atoms with van der Waals surface area (Å²) in [4.78, 5) is 12.7. The molecule has 1 aromatic rings. The van der Waals surface area contributed by atoms with Gasteiger partial charge >= 0.3 is 5.97 Å². The van der Waals surface area contributed by atoms with Gasteiger partial charge < -0.3 is 5.11 Å². The van der Waals surface area contributed by atoms with Crippen LogP contribution in [0.15, 0.2) is 11.4 Å². The van der Waals surface area contributed by atoms with Crippen LogP contribution in [-0.4, -0.2) is 17.1 Å². The second-order valence-corrected chi connectivity index (χ2v) is 6.43. The zero-order chi connectivity index (χ0) is 13.1. The summed E-state index contributed by atoms with van der Waals surface area (Å²) in [5, 5.41) is 14.7. The summed E-state index contributed by atoms with van der Waals surface area (Å²) in [5.74, 6) is -0.338. The maximum atomic E-state index is 11.3. The van der Waals surface area contributed by atoms with Gasteiger partial charge in [-0.15, -0.1) is 11.3 Å². The van der Waals surface area contributed by atoms with Gasteiger partial charge in [-0.05, 0) is 48.6 Å². The molecule has 0 amide bonds. The van der Waals surface area contributed by atoms with E-state index in [1.54, 1.807) is 11.3 Å². The van der Waals surface area contributed by atoms with Crippen molar-refractivity contribution in [2.45, 2.75) is 51.6 Å². The summed E-state index contributed by atoms with van der Waals surface area (Å²) < 4.78 is 0. The number of hydrogen-bond acceptors (Lipinski definition) is 3. The van der Waals surface area contributed by atoms with Crippen LogP contribution in [0.25, 0.3) is 0 Å². The second-order valence-electron chi connectivity index (χ2n) is 5.43. The Morgan fingerprint density at radius 3 is 3.06 bits per heavy atom. The Bertz CT molecular complexity index is 414. The Morgan fingerprint density at radius 2 is 2.39 bits per heavy atom. The van der Waals surface area contributed by atoms with Gasteiger partial charge in [-0.3, -0.25) is 10.1 Å². The zero-order valence-corrected chi connectivity index (χ0v) is 11.8. The lowest BCUT2D eigenvalue weighted by atomic mass is 9.92. The molecule has 1 aromatic heterocycles. The first-order chi connectivity index (χ1) is 8.58. The fraction of sp³-hybridized carbons (Fsp3) is 0.643. The molecule has 3 nitrogen and oxygen atoms in total. The highest BCUT2D eigenvalue weighted by Gasteiger charge is 2.27. The number of aliphatic carboxylic acids is 1. The summed E-state index contributed by atoms with van der Waals surface area (Å²) >= 11 is 1.79. The van der Waals surface area contributed by atoms with Crippen LogP contribution in [0.2, 0.25) is 0 Å². The Labute approximate surface area is 112 Å². The molecule has 0 bridgehead atoms. The van der Waals surface area contributed by atoms with Crippen molar-refractivity contribution in [1.82, 2.24) is 5.32 Å². The third kappa shape index (κ3) is 3.12. The van der Waals surface area contributed by atoms with Gasteiger partial charge in [0.2, 0.25) is 0 Å². The van der Waals surface area contributed by atoms with Crippen molar-refractivity contribution in [2.75, 3.05) is 0 Å². The van der Waals surface area contributed by atoms with E-state index in [-0.39, 0.29) is 6.04 Å². The maximum absolute atomic E-state index is 11.3. The van der Waals surface area contributed by atoms with E-state index in [9.17, 15) is 9.90 Å². The van der Waals surface area contributed by atoms with E-state index in [1.165, 1.54) is 10.4 Å². The molecule has 2 unspecified atom stereocenters. The van der Waals surface area contributed by atoms with Crippen molar-refractivity contribution >= 4 is 17.3 Å². The Hall–Kier alpha value is -0.870. The monoisotopic (exact) mass is 267 g/mol. The molecule has 100 valence electrons. The van der Waals surface area contributed by atoms with E-state index >= 15 is 0 Å². The van der Waals surface area contributed by atoms with E-state index in [1.807, 2.05) is 0 Å². The van der Waals surface area contributed by atoms with Crippen LogP contribution in [0, 0.1) is 5.92 Å². The molecular weight excluding hydrogens is 246 g/mol. The SMILES string of the molecule is CC(C)CC(NC1CCCc2sccc21)C(=O)O. The average molecular weight is 267 g/mol. The van der Waals surface area contributed by atoms with Crippen LogP contribution in [0.1, 0.15) is 49.6 Å². The number of hydrogen-bond donors (Lipinski definition) is 2. The highest BCUT2D eigenvalue weighted by atomic mass is 32.1. The van der Waals surface area contributed by atoms with Gasteiger partial charge in [0.25, 0.3) is 0 Å². The van der Waals surface area contributed by atoms with E-state index in [0.717, 1.165) is 19.3 Å². The van der Waals surface area contributed by atoms with Crippen molar-refractivity contribution in [3.05, 3.63) is 21.9 Å². The summed E-state index contributed by atoms with van der Waals surface area (Å²) in [6.07, 6.45) is 4.03. The fourth-order valence-electron chi connectivity index (χ4n) is 2.61. The molecule has 0 aliphatic heterocycles. The first-order valence-corrected chi connectivity index (χ1v) is 7.51. The van der Waals surface area contributed by atoms with Gasteiger partial charge in [0, 0.05) is 10.9 Å². The van der Waals surface area contributed by atoms with Crippen LogP contribution in [0.3, 0.4) is 0 Å². The highest BCUT2D eigenvalue weighted by Crippen LogP contribution is 2.33. The number of aryl methyl sites for hydroxylation is 1. The molecule has 0 spiro atoms. The number of rotatable bonds is 5. The lowest BCUT2D eigenvalue weighted by Crippen LogP contribution is -2.40. The molecule has 2 atom stereocenters. The molecule has 2 N–H and O–H groups in total. The molecule has 4 heteroatoms. The molecular formula is C14H21NO2S. The number of fused-ring (bicyclic) bond motifs is 1. The standard InChI is InChI=1S/C14H21NO2S/c1-9(2)8-12(14(16)17)15-11-4-3-5-13-10(11)6-7-18-13/h6-7,9,11-12,15H,3-5,8H2,1-2H3,(H,16,17). The van der Waals surface area contributed by atoms with E-state index in [2.05, 4.69) is 30.6 Å². The molecule has 1 aliphatic rings. The molecule has 0 aromatic carbocycles. The van der Waals surface area contributed by atoms with Crippen molar-refractivity contribution in [1.29, 1.82) is 0 Å². The predicted octanol–water partition coefficient (Wildman–Crippen LogP) is 3.21. The average Bonchev–Trinajstić information content (AvgIpc) is 2.76. The van der Waals surface area contributed by atoms with E-state index in [4.69, 9.17) is 0 Å². The van der Waals surface area contributed by atoms with Crippen molar-refractivity contribution in [3.8, 4) is 0 Å². The van der Waals surface area contributed by atoms with Crippen LogP contribution >= 0.6 is 11.3 Å². The summed E-state index contributed by atoms with van der Waals surface area (Å²) in [7, 11) is 0. The largest absolute Gasteiger partial charge is 0.480 e. The predicted molar refractivity (Wildman–Crippen MR) is 74.0 cm³/mol. The second kappa shape index (κ2) is 5.85. The Kier molecular flexibility index (Phi) is 4.40. The normalized spacial score (nSPS) is 20.7. The molecule has 0 saturated heterocycles. The van der Waals surface area contributed by atoms with Crippen LogP contribution < -0.4 is 5.32 Å². The zero-order valence-electron chi connectivity index (χ0n) is 11.0. The maximum Gasteiger partial charge on any atom is 0.320 e. The molecule has 0 fully saturated rings. The highest BCUT2D eigenvalue weighted by molar-refractivity contribution is 7.10. The molecule has 2 rings (SSSR count). The third-order valence-electron chi connectivity index (χ3n) is 3.46. The third-order valence-corrected chi connectivity index (χ3v) is 4.46. The van der Waals surface area contributed by atoms with Gasteiger partial charge in [-0.1, -0.05) is 13.8 Å². The van der Waals surface area contributed by atoms with Gasteiger partial charge in [-0.25, -0.2) is 0 Å². The minimum absolute atomic E-state index is 0.222. The minimum Gasteiger partial charge on any atom is -0.480 e. The van der Waals surface area contributed by atoms with Gasteiger partial charge in [-0.2, -0.15) is 0 Å². The smallest absolute Gasteiger partial charge is 0.320 e. The molecule has 0 saturated carbocycles. The molecule has 18 heavy (non-hydrogen) atoms. The van der Waals surface area contributed by atoms with Crippen LogP contribution in [-0.2, 0) is 11.2 Å². The Balaban J connectivity index is 2.07. The van der Waals surface area contributed by atoms with E-state index in [0.29, 0.717) is 12.3 Å². The van der Waals surface area contributed by atoms with Gasteiger partial charge in [0.05, 0.1) is 0 Å². The van der Waals surface area contributed by atoms with Gasteiger partial charge in [0.15, 0.2) is 0 Å².